The number of anilines is 1. The average molecular weight is 290 g/mol. The smallest absolute Gasteiger partial charge is 0.326 e. The van der Waals surface area contributed by atoms with Crippen LogP contribution in [-0.2, 0) is 16.1 Å². The van der Waals surface area contributed by atoms with E-state index in [0.717, 1.165) is 57.9 Å². The van der Waals surface area contributed by atoms with Gasteiger partial charge in [0.1, 0.15) is 6.04 Å². The van der Waals surface area contributed by atoms with Gasteiger partial charge in [0.05, 0.1) is 13.2 Å². The second-order valence-electron chi connectivity index (χ2n) is 5.74. The Morgan fingerprint density at radius 3 is 2.57 bits per heavy atom. The maximum absolute atomic E-state index is 11.3. The van der Waals surface area contributed by atoms with Crippen LogP contribution in [-0.4, -0.2) is 54.9 Å². The molecular formula is C16H22N2O3. The van der Waals surface area contributed by atoms with Crippen molar-refractivity contribution in [2.24, 2.45) is 0 Å². The lowest BCUT2D eigenvalue weighted by Crippen LogP contribution is -2.36. The molecule has 2 heterocycles. The molecule has 0 amide bonds. The number of carboxylic acids is 1. The van der Waals surface area contributed by atoms with Gasteiger partial charge in [-0.1, -0.05) is 12.1 Å². The standard InChI is InChI=1S/C16H22N2O3/c19-16(20)15-2-1-7-18(15)14-5-3-13(4-6-14)12-17-8-10-21-11-9-17/h3-6,15H,1-2,7-12H2,(H,19,20). The zero-order valence-electron chi connectivity index (χ0n) is 12.2. The topological polar surface area (TPSA) is 53.0 Å². The molecular weight excluding hydrogens is 268 g/mol. The van der Waals surface area contributed by atoms with Crippen LogP contribution in [0.25, 0.3) is 0 Å². The molecule has 2 saturated heterocycles. The molecule has 0 aliphatic carbocycles. The molecule has 0 spiro atoms. The number of aliphatic carboxylic acids is 1. The van der Waals surface area contributed by atoms with Gasteiger partial charge in [-0.05, 0) is 30.5 Å². The average Bonchev–Trinajstić information content (AvgIpc) is 2.99. The second kappa shape index (κ2) is 6.45. The SMILES string of the molecule is O=C(O)C1CCCN1c1ccc(CN2CCOCC2)cc1. The predicted octanol–water partition coefficient (Wildman–Crippen LogP) is 1.57. The summed E-state index contributed by atoms with van der Waals surface area (Å²) in [6.45, 7) is 5.36. The van der Waals surface area contributed by atoms with Crippen molar-refractivity contribution in [1.29, 1.82) is 0 Å². The van der Waals surface area contributed by atoms with Crippen LogP contribution in [0.4, 0.5) is 5.69 Å². The molecule has 1 atom stereocenters. The molecule has 2 aliphatic heterocycles. The fourth-order valence-corrected chi connectivity index (χ4v) is 3.14. The number of rotatable bonds is 4. The van der Waals surface area contributed by atoms with Crippen LogP contribution in [0.3, 0.4) is 0 Å². The van der Waals surface area contributed by atoms with E-state index in [0.29, 0.717) is 0 Å². The molecule has 0 bridgehead atoms. The molecule has 114 valence electrons. The number of carboxylic acid groups (broad SMARTS) is 1. The Bertz CT molecular complexity index is 483. The van der Waals surface area contributed by atoms with Crippen LogP contribution in [0, 0.1) is 0 Å². The largest absolute Gasteiger partial charge is 0.480 e. The highest BCUT2D eigenvalue weighted by Gasteiger charge is 2.30. The number of carbonyl (C=O) groups is 1. The van der Waals surface area contributed by atoms with Crippen LogP contribution >= 0.6 is 0 Å². The van der Waals surface area contributed by atoms with Crippen molar-refractivity contribution in [1.82, 2.24) is 4.90 Å². The van der Waals surface area contributed by atoms with Crippen molar-refractivity contribution in [3.05, 3.63) is 29.8 Å². The molecule has 0 radical (unpaired) electrons. The molecule has 5 nitrogen and oxygen atoms in total. The number of morpholine rings is 1. The molecule has 2 aliphatic rings. The summed E-state index contributed by atoms with van der Waals surface area (Å²) < 4.78 is 5.35. The molecule has 2 fully saturated rings. The fourth-order valence-electron chi connectivity index (χ4n) is 3.14. The summed E-state index contributed by atoms with van der Waals surface area (Å²) in [6, 6.07) is 7.97. The molecule has 3 rings (SSSR count). The lowest BCUT2D eigenvalue weighted by atomic mass is 10.1. The number of hydrogen-bond acceptors (Lipinski definition) is 4. The first-order valence-corrected chi connectivity index (χ1v) is 7.62. The monoisotopic (exact) mass is 290 g/mol. The predicted molar refractivity (Wildman–Crippen MR) is 80.5 cm³/mol. The van der Waals surface area contributed by atoms with Crippen molar-refractivity contribution in [2.45, 2.75) is 25.4 Å². The third-order valence-electron chi connectivity index (χ3n) is 4.32. The summed E-state index contributed by atoms with van der Waals surface area (Å²) in [4.78, 5) is 15.6. The lowest BCUT2D eigenvalue weighted by Gasteiger charge is -2.27. The Morgan fingerprint density at radius 2 is 1.90 bits per heavy atom. The van der Waals surface area contributed by atoms with Gasteiger partial charge in [-0.25, -0.2) is 4.79 Å². The second-order valence-corrected chi connectivity index (χ2v) is 5.74. The summed E-state index contributed by atoms with van der Waals surface area (Å²) in [5.41, 5.74) is 2.29. The van der Waals surface area contributed by atoms with Gasteiger partial charge >= 0.3 is 5.97 Å². The molecule has 5 heteroatoms. The van der Waals surface area contributed by atoms with E-state index in [1.165, 1.54) is 5.56 Å². The van der Waals surface area contributed by atoms with Crippen molar-refractivity contribution in [3.8, 4) is 0 Å². The van der Waals surface area contributed by atoms with E-state index in [-0.39, 0.29) is 6.04 Å². The maximum atomic E-state index is 11.3. The lowest BCUT2D eigenvalue weighted by molar-refractivity contribution is -0.138. The van der Waals surface area contributed by atoms with Crippen molar-refractivity contribution in [2.75, 3.05) is 37.7 Å². The molecule has 1 aromatic carbocycles. The molecule has 21 heavy (non-hydrogen) atoms. The van der Waals surface area contributed by atoms with Crippen LogP contribution in [0.2, 0.25) is 0 Å². The molecule has 1 unspecified atom stereocenters. The number of benzene rings is 1. The normalized spacial score (nSPS) is 23.4. The fraction of sp³-hybridized carbons (Fsp3) is 0.562. The third-order valence-corrected chi connectivity index (χ3v) is 4.32. The van der Waals surface area contributed by atoms with Crippen molar-refractivity contribution in [3.63, 3.8) is 0 Å². The number of ether oxygens (including phenoxy) is 1. The molecule has 0 saturated carbocycles. The number of hydrogen-bond donors (Lipinski definition) is 1. The highest BCUT2D eigenvalue weighted by atomic mass is 16.5. The highest BCUT2D eigenvalue weighted by molar-refractivity contribution is 5.79. The molecule has 1 N–H and O–H groups in total. The van der Waals surface area contributed by atoms with E-state index in [9.17, 15) is 9.90 Å². The Kier molecular flexibility index (Phi) is 4.41. The van der Waals surface area contributed by atoms with Crippen molar-refractivity contribution < 1.29 is 14.6 Å². The van der Waals surface area contributed by atoms with E-state index < -0.39 is 5.97 Å². The Morgan fingerprint density at radius 1 is 1.19 bits per heavy atom. The molecule has 0 aromatic heterocycles. The summed E-state index contributed by atoms with van der Waals surface area (Å²) >= 11 is 0. The Hall–Kier alpha value is -1.59. The quantitative estimate of drug-likeness (QED) is 0.912. The summed E-state index contributed by atoms with van der Waals surface area (Å²) in [7, 11) is 0. The minimum absolute atomic E-state index is 0.366. The van der Waals surface area contributed by atoms with Crippen LogP contribution < -0.4 is 4.90 Å². The number of nitrogens with zero attached hydrogens (tertiary/aromatic N) is 2. The Labute approximate surface area is 125 Å². The summed E-state index contributed by atoms with van der Waals surface area (Å²) in [6.07, 6.45) is 1.69. The van der Waals surface area contributed by atoms with Crippen LogP contribution in [0.1, 0.15) is 18.4 Å². The van der Waals surface area contributed by atoms with Crippen molar-refractivity contribution >= 4 is 11.7 Å². The first-order valence-electron chi connectivity index (χ1n) is 7.62. The zero-order chi connectivity index (χ0) is 14.7. The van der Waals surface area contributed by atoms with Gasteiger partial charge in [0.15, 0.2) is 0 Å². The maximum Gasteiger partial charge on any atom is 0.326 e. The highest BCUT2D eigenvalue weighted by Crippen LogP contribution is 2.26. The van der Waals surface area contributed by atoms with E-state index in [4.69, 9.17) is 4.74 Å². The van der Waals surface area contributed by atoms with Crippen LogP contribution in [0.5, 0.6) is 0 Å². The van der Waals surface area contributed by atoms with E-state index in [1.807, 2.05) is 4.90 Å². The third kappa shape index (κ3) is 3.36. The molecule has 1 aromatic rings. The summed E-state index contributed by atoms with van der Waals surface area (Å²) in [5.74, 6) is -0.718. The van der Waals surface area contributed by atoms with Gasteiger partial charge in [0.2, 0.25) is 0 Å². The van der Waals surface area contributed by atoms with Gasteiger partial charge in [-0.2, -0.15) is 0 Å². The minimum Gasteiger partial charge on any atom is -0.480 e. The summed E-state index contributed by atoms with van der Waals surface area (Å²) in [5, 5.41) is 9.26. The van der Waals surface area contributed by atoms with E-state index in [1.54, 1.807) is 0 Å². The first-order chi connectivity index (χ1) is 10.2. The van der Waals surface area contributed by atoms with Gasteiger partial charge < -0.3 is 14.7 Å². The first kappa shape index (κ1) is 14.4. The van der Waals surface area contributed by atoms with Gasteiger partial charge in [0, 0.05) is 31.9 Å². The van der Waals surface area contributed by atoms with Gasteiger partial charge in [-0.15, -0.1) is 0 Å². The van der Waals surface area contributed by atoms with Gasteiger partial charge in [0.25, 0.3) is 0 Å². The zero-order valence-corrected chi connectivity index (χ0v) is 12.2. The van der Waals surface area contributed by atoms with E-state index >= 15 is 0 Å². The minimum atomic E-state index is -0.718. The Balaban J connectivity index is 1.64. The van der Waals surface area contributed by atoms with E-state index in [2.05, 4.69) is 29.2 Å². The van der Waals surface area contributed by atoms with Crippen LogP contribution in [0.15, 0.2) is 24.3 Å². The van der Waals surface area contributed by atoms with Gasteiger partial charge in [-0.3, -0.25) is 4.90 Å².